The van der Waals surface area contributed by atoms with Crippen molar-refractivity contribution in [1.29, 1.82) is 0 Å². The van der Waals surface area contributed by atoms with Gasteiger partial charge in [0.2, 0.25) is 0 Å². The maximum atomic E-state index is 5.83. The van der Waals surface area contributed by atoms with Crippen molar-refractivity contribution in [3.8, 4) is 0 Å². The molecule has 0 amide bonds. The van der Waals surface area contributed by atoms with Gasteiger partial charge in [-0.3, -0.25) is 0 Å². The third kappa shape index (κ3) is 2.24. The van der Waals surface area contributed by atoms with E-state index in [1.54, 1.807) is 0 Å². The van der Waals surface area contributed by atoms with Gasteiger partial charge in [-0.15, -0.1) is 0 Å². The fraction of sp³-hybridized carbons (Fsp3) is 0.462. The molecule has 4 heteroatoms. The Bertz CT molecular complexity index is 515. The van der Waals surface area contributed by atoms with E-state index < -0.39 is 0 Å². The number of rotatable bonds is 4. The molecule has 0 aliphatic carbocycles. The van der Waals surface area contributed by atoms with Gasteiger partial charge in [-0.25, -0.2) is 4.98 Å². The van der Waals surface area contributed by atoms with Gasteiger partial charge in [-0.2, -0.15) is 0 Å². The molecule has 17 heavy (non-hydrogen) atoms. The van der Waals surface area contributed by atoms with Crippen LogP contribution in [0, 0.1) is 0 Å². The maximum absolute atomic E-state index is 5.83. The van der Waals surface area contributed by atoms with E-state index >= 15 is 0 Å². The van der Waals surface area contributed by atoms with Crippen LogP contribution in [-0.4, -0.2) is 16.1 Å². The number of benzene rings is 1. The van der Waals surface area contributed by atoms with Gasteiger partial charge in [0.05, 0.1) is 11.0 Å². The molecule has 0 radical (unpaired) electrons. The third-order valence-electron chi connectivity index (χ3n) is 3.20. The third-order valence-corrected chi connectivity index (χ3v) is 3.69. The number of aromatic nitrogens is 2. The Morgan fingerprint density at radius 1 is 1.41 bits per heavy atom. The topological polar surface area (TPSA) is 43.8 Å². The second-order valence-electron chi connectivity index (χ2n) is 4.19. The predicted octanol–water partition coefficient (Wildman–Crippen LogP) is 3.27. The summed E-state index contributed by atoms with van der Waals surface area (Å²) in [6.45, 7) is 5.90. The van der Waals surface area contributed by atoms with Crippen molar-refractivity contribution < 1.29 is 0 Å². The summed E-state index contributed by atoms with van der Waals surface area (Å²) in [6, 6.07) is 6.24. The van der Waals surface area contributed by atoms with Gasteiger partial charge in [0.1, 0.15) is 5.82 Å². The zero-order valence-electron chi connectivity index (χ0n) is 10.3. The van der Waals surface area contributed by atoms with Crippen LogP contribution in [0.5, 0.6) is 0 Å². The molecule has 0 saturated carbocycles. The van der Waals surface area contributed by atoms with E-state index in [1.807, 2.05) is 0 Å². The first-order valence-electron chi connectivity index (χ1n) is 6.07. The van der Waals surface area contributed by atoms with Crippen LogP contribution in [0.3, 0.4) is 0 Å². The predicted molar refractivity (Wildman–Crippen MR) is 75.2 cm³/mol. The van der Waals surface area contributed by atoms with Crippen LogP contribution in [0.4, 0.5) is 0 Å². The summed E-state index contributed by atoms with van der Waals surface area (Å²) in [5, 5.41) is 0. The van der Waals surface area contributed by atoms with Crippen LogP contribution in [0.2, 0.25) is 0 Å². The van der Waals surface area contributed by atoms with E-state index in [-0.39, 0.29) is 0 Å². The lowest BCUT2D eigenvalue weighted by molar-refractivity contribution is 0.586. The van der Waals surface area contributed by atoms with Gasteiger partial charge in [0, 0.05) is 23.5 Å². The van der Waals surface area contributed by atoms with Crippen LogP contribution in [0.15, 0.2) is 22.7 Å². The van der Waals surface area contributed by atoms with Crippen molar-refractivity contribution >= 4 is 27.0 Å². The van der Waals surface area contributed by atoms with Gasteiger partial charge in [-0.1, -0.05) is 22.9 Å². The number of halogens is 1. The summed E-state index contributed by atoms with van der Waals surface area (Å²) in [6.07, 6.45) is 1.03. The Hall–Kier alpha value is -0.870. The number of aryl methyl sites for hydroxylation is 1. The normalized spacial score (nSPS) is 13.2. The van der Waals surface area contributed by atoms with Crippen LogP contribution < -0.4 is 5.73 Å². The van der Waals surface area contributed by atoms with Gasteiger partial charge in [0.25, 0.3) is 0 Å². The minimum atomic E-state index is 0.348. The van der Waals surface area contributed by atoms with E-state index in [1.165, 1.54) is 5.52 Å². The molecule has 2 aromatic rings. The lowest BCUT2D eigenvalue weighted by Crippen LogP contribution is -2.16. The van der Waals surface area contributed by atoms with Gasteiger partial charge < -0.3 is 10.3 Å². The molecule has 2 N–H and O–H groups in total. The fourth-order valence-electron chi connectivity index (χ4n) is 2.22. The van der Waals surface area contributed by atoms with Gasteiger partial charge >= 0.3 is 0 Å². The largest absolute Gasteiger partial charge is 0.330 e. The number of fused-ring (bicyclic) bond motifs is 1. The number of hydrogen-bond donors (Lipinski definition) is 1. The highest BCUT2D eigenvalue weighted by atomic mass is 79.9. The molecule has 2 rings (SSSR count). The molecule has 0 fully saturated rings. The van der Waals surface area contributed by atoms with Crippen molar-refractivity contribution in [3.63, 3.8) is 0 Å². The summed E-state index contributed by atoms with van der Waals surface area (Å²) in [4.78, 5) is 4.74. The highest BCUT2D eigenvalue weighted by molar-refractivity contribution is 9.10. The Labute approximate surface area is 110 Å². The standard InChI is InChI=1S/C13H18BrN3/c1-3-9(8-15)13-16-11-7-10(14)5-6-12(11)17(13)4-2/h5-7,9H,3-4,8,15H2,1-2H3. The van der Waals surface area contributed by atoms with E-state index in [2.05, 4.69) is 52.5 Å². The molecule has 3 nitrogen and oxygen atoms in total. The number of nitrogens with zero attached hydrogens (tertiary/aromatic N) is 2. The lowest BCUT2D eigenvalue weighted by Gasteiger charge is -2.13. The van der Waals surface area contributed by atoms with Crippen LogP contribution >= 0.6 is 15.9 Å². The molecule has 0 spiro atoms. The second kappa shape index (κ2) is 5.19. The molecule has 92 valence electrons. The summed E-state index contributed by atoms with van der Waals surface area (Å²) in [5.74, 6) is 1.46. The average molecular weight is 296 g/mol. The lowest BCUT2D eigenvalue weighted by atomic mass is 10.1. The van der Waals surface area contributed by atoms with Crippen molar-refractivity contribution in [1.82, 2.24) is 9.55 Å². The van der Waals surface area contributed by atoms with E-state index in [0.29, 0.717) is 12.5 Å². The van der Waals surface area contributed by atoms with Crippen molar-refractivity contribution in [2.75, 3.05) is 6.54 Å². The molecular formula is C13H18BrN3. The first-order valence-corrected chi connectivity index (χ1v) is 6.86. The van der Waals surface area contributed by atoms with Crippen molar-refractivity contribution in [2.24, 2.45) is 5.73 Å². The van der Waals surface area contributed by atoms with Crippen LogP contribution in [0.1, 0.15) is 32.0 Å². The van der Waals surface area contributed by atoms with Crippen LogP contribution in [0.25, 0.3) is 11.0 Å². The van der Waals surface area contributed by atoms with E-state index in [4.69, 9.17) is 10.7 Å². The summed E-state index contributed by atoms with van der Waals surface area (Å²) in [5.41, 5.74) is 8.06. The summed E-state index contributed by atoms with van der Waals surface area (Å²) < 4.78 is 3.33. The number of imidazole rings is 1. The number of nitrogens with two attached hydrogens (primary N) is 1. The fourth-order valence-corrected chi connectivity index (χ4v) is 2.57. The van der Waals surface area contributed by atoms with Crippen LogP contribution in [-0.2, 0) is 6.54 Å². The molecule has 1 unspecified atom stereocenters. The molecule has 1 atom stereocenters. The summed E-state index contributed by atoms with van der Waals surface area (Å²) in [7, 11) is 0. The zero-order valence-corrected chi connectivity index (χ0v) is 11.9. The minimum absolute atomic E-state index is 0.348. The smallest absolute Gasteiger partial charge is 0.114 e. The first kappa shape index (κ1) is 12.6. The molecule has 1 aromatic heterocycles. The summed E-state index contributed by atoms with van der Waals surface area (Å²) >= 11 is 3.49. The highest BCUT2D eigenvalue weighted by Crippen LogP contribution is 2.25. The Morgan fingerprint density at radius 2 is 2.18 bits per heavy atom. The molecule has 1 heterocycles. The Kier molecular flexibility index (Phi) is 3.84. The molecule has 0 saturated heterocycles. The SMILES string of the molecule is CCC(CN)c1nc2cc(Br)ccc2n1CC. The monoisotopic (exact) mass is 295 g/mol. The van der Waals surface area contributed by atoms with E-state index in [0.717, 1.165) is 28.8 Å². The molecular weight excluding hydrogens is 278 g/mol. The quantitative estimate of drug-likeness (QED) is 0.941. The van der Waals surface area contributed by atoms with Gasteiger partial charge in [0.15, 0.2) is 0 Å². The maximum Gasteiger partial charge on any atom is 0.114 e. The molecule has 0 aliphatic rings. The number of hydrogen-bond acceptors (Lipinski definition) is 2. The molecule has 0 aliphatic heterocycles. The zero-order chi connectivity index (χ0) is 12.4. The molecule has 0 bridgehead atoms. The molecule has 1 aromatic carbocycles. The Morgan fingerprint density at radius 3 is 2.76 bits per heavy atom. The second-order valence-corrected chi connectivity index (χ2v) is 5.10. The van der Waals surface area contributed by atoms with Gasteiger partial charge in [-0.05, 0) is 31.5 Å². The first-order chi connectivity index (χ1) is 8.21. The van der Waals surface area contributed by atoms with Crippen molar-refractivity contribution in [3.05, 3.63) is 28.5 Å². The average Bonchev–Trinajstić information content (AvgIpc) is 2.68. The minimum Gasteiger partial charge on any atom is -0.330 e. The van der Waals surface area contributed by atoms with Crippen molar-refractivity contribution in [2.45, 2.75) is 32.7 Å². The van der Waals surface area contributed by atoms with E-state index in [9.17, 15) is 0 Å². The Balaban J connectivity index is 2.62. The highest BCUT2D eigenvalue weighted by Gasteiger charge is 2.16.